The smallest absolute Gasteiger partial charge is 0.191 e. The molecular formula is C15H25N3S. The molecule has 106 valence electrons. The summed E-state index contributed by atoms with van der Waals surface area (Å²) < 4.78 is 0. The molecule has 1 aromatic rings. The summed E-state index contributed by atoms with van der Waals surface area (Å²) in [7, 11) is 1.81. The van der Waals surface area contributed by atoms with Gasteiger partial charge in [0.2, 0.25) is 0 Å². The maximum Gasteiger partial charge on any atom is 0.191 e. The van der Waals surface area contributed by atoms with Crippen LogP contribution in [0.1, 0.15) is 32.1 Å². The number of allylic oxidation sites excluding steroid dienone is 1. The number of nitrogens with zero attached hydrogens (tertiary/aromatic N) is 1. The van der Waals surface area contributed by atoms with Crippen LogP contribution in [-0.2, 0) is 5.41 Å². The molecule has 0 saturated heterocycles. The van der Waals surface area contributed by atoms with Crippen LogP contribution in [0.2, 0.25) is 0 Å². The minimum absolute atomic E-state index is 0.120. The molecule has 0 bridgehead atoms. The molecule has 0 fully saturated rings. The lowest BCUT2D eigenvalue weighted by atomic mass is 9.91. The van der Waals surface area contributed by atoms with Crippen LogP contribution in [0.3, 0.4) is 0 Å². The van der Waals surface area contributed by atoms with Gasteiger partial charge in [0.05, 0.1) is 0 Å². The topological polar surface area (TPSA) is 36.4 Å². The second kappa shape index (κ2) is 8.00. The Kier molecular flexibility index (Phi) is 6.64. The summed E-state index contributed by atoms with van der Waals surface area (Å²) in [6.07, 6.45) is 5.24. The number of thiophene rings is 1. The molecule has 3 nitrogen and oxygen atoms in total. The molecule has 0 aliphatic carbocycles. The molecule has 0 radical (unpaired) electrons. The summed E-state index contributed by atoms with van der Waals surface area (Å²) >= 11 is 1.80. The van der Waals surface area contributed by atoms with Crippen molar-refractivity contribution in [3.63, 3.8) is 0 Å². The number of nitrogens with one attached hydrogen (secondary N) is 2. The van der Waals surface area contributed by atoms with Crippen molar-refractivity contribution in [1.82, 2.24) is 10.6 Å². The predicted molar refractivity (Wildman–Crippen MR) is 86.1 cm³/mol. The van der Waals surface area contributed by atoms with E-state index in [1.807, 2.05) is 14.0 Å². The third kappa shape index (κ3) is 5.47. The van der Waals surface area contributed by atoms with Gasteiger partial charge in [0.25, 0.3) is 0 Å². The average Bonchev–Trinajstić information content (AvgIpc) is 2.92. The quantitative estimate of drug-likeness (QED) is 0.363. The second-order valence-corrected chi connectivity index (χ2v) is 6.02. The van der Waals surface area contributed by atoms with Crippen LogP contribution >= 0.6 is 11.3 Å². The van der Waals surface area contributed by atoms with E-state index in [0.717, 1.165) is 25.5 Å². The van der Waals surface area contributed by atoms with Crippen molar-refractivity contribution < 1.29 is 0 Å². The van der Waals surface area contributed by atoms with Crippen LogP contribution in [0.5, 0.6) is 0 Å². The lowest BCUT2D eigenvalue weighted by molar-refractivity contribution is 0.518. The number of rotatable bonds is 6. The molecule has 1 aromatic heterocycles. The van der Waals surface area contributed by atoms with Crippen molar-refractivity contribution in [3.8, 4) is 0 Å². The van der Waals surface area contributed by atoms with Crippen LogP contribution in [0.15, 0.2) is 34.7 Å². The molecule has 1 heterocycles. The van der Waals surface area contributed by atoms with Crippen molar-refractivity contribution in [3.05, 3.63) is 34.5 Å². The van der Waals surface area contributed by atoms with E-state index in [4.69, 9.17) is 0 Å². The molecular weight excluding hydrogens is 254 g/mol. The van der Waals surface area contributed by atoms with E-state index in [-0.39, 0.29) is 5.41 Å². The monoisotopic (exact) mass is 279 g/mol. The summed E-state index contributed by atoms with van der Waals surface area (Å²) in [5.41, 5.74) is 0.120. The van der Waals surface area contributed by atoms with Crippen LogP contribution in [0.25, 0.3) is 0 Å². The molecule has 19 heavy (non-hydrogen) atoms. The molecule has 0 atom stereocenters. The molecule has 0 unspecified atom stereocenters. The van der Waals surface area contributed by atoms with E-state index >= 15 is 0 Å². The summed E-state index contributed by atoms with van der Waals surface area (Å²) in [4.78, 5) is 5.64. The number of aliphatic imine (C=N–C) groups is 1. The zero-order valence-electron chi connectivity index (χ0n) is 12.4. The molecule has 0 amide bonds. The SMILES string of the molecule is CC=CCCNC(=NC)NCC(C)(C)c1cccs1. The Hall–Kier alpha value is -1.29. The molecule has 4 heteroatoms. The van der Waals surface area contributed by atoms with Crippen molar-refractivity contribution in [1.29, 1.82) is 0 Å². The summed E-state index contributed by atoms with van der Waals surface area (Å²) in [6, 6.07) is 4.29. The lowest BCUT2D eigenvalue weighted by Gasteiger charge is -2.25. The Morgan fingerprint density at radius 2 is 2.21 bits per heavy atom. The first-order valence-corrected chi connectivity index (χ1v) is 7.58. The summed E-state index contributed by atoms with van der Waals surface area (Å²) in [5.74, 6) is 0.870. The van der Waals surface area contributed by atoms with Gasteiger partial charge in [-0.2, -0.15) is 0 Å². The Morgan fingerprint density at radius 1 is 1.42 bits per heavy atom. The highest BCUT2D eigenvalue weighted by molar-refractivity contribution is 7.10. The van der Waals surface area contributed by atoms with Gasteiger partial charge in [0.15, 0.2) is 5.96 Å². The van der Waals surface area contributed by atoms with Crippen molar-refractivity contribution >= 4 is 17.3 Å². The zero-order valence-corrected chi connectivity index (χ0v) is 13.2. The minimum atomic E-state index is 0.120. The average molecular weight is 279 g/mol. The highest BCUT2D eigenvalue weighted by Gasteiger charge is 2.21. The number of hydrogen-bond donors (Lipinski definition) is 2. The molecule has 1 rings (SSSR count). The first-order chi connectivity index (χ1) is 9.10. The number of hydrogen-bond acceptors (Lipinski definition) is 2. The molecule has 0 aliphatic heterocycles. The van der Waals surface area contributed by atoms with E-state index in [9.17, 15) is 0 Å². The molecule has 2 N–H and O–H groups in total. The molecule has 0 aliphatic rings. The molecule has 0 spiro atoms. The first-order valence-electron chi connectivity index (χ1n) is 6.70. The van der Waals surface area contributed by atoms with E-state index < -0.39 is 0 Å². The van der Waals surface area contributed by atoms with E-state index in [1.165, 1.54) is 4.88 Å². The maximum absolute atomic E-state index is 4.24. The second-order valence-electron chi connectivity index (χ2n) is 5.07. The Labute approximate surface area is 120 Å². The van der Waals surface area contributed by atoms with Gasteiger partial charge in [0, 0.05) is 30.4 Å². The third-order valence-corrected chi connectivity index (χ3v) is 4.18. The van der Waals surface area contributed by atoms with Gasteiger partial charge in [-0.15, -0.1) is 11.3 Å². The third-order valence-electron chi connectivity index (χ3n) is 2.95. The van der Waals surface area contributed by atoms with Gasteiger partial charge in [-0.25, -0.2) is 0 Å². The Balaban J connectivity index is 2.41. The predicted octanol–water partition coefficient (Wildman–Crippen LogP) is 3.16. The fourth-order valence-electron chi connectivity index (χ4n) is 1.72. The standard InChI is InChI=1S/C15H25N3S/c1-5-6-7-10-17-14(16-4)18-12-15(2,3)13-9-8-11-19-13/h5-6,8-9,11H,7,10,12H2,1-4H3,(H2,16,17,18). The fourth-order valence-corrected chi connectivity index (χ4v) is 2.57. The highest BCUT2D eigenvalue weighted by atomic mass is 32.1. The van der Waals surface area contributed by atoms with Crippen molar-refractivity contribution in [2.24, 2.45) is 4.99 Å². The van der Waals surface area contributed by atoms with E-state index in [0.29, 0.717) is 0 Å². The summed E-state index contributed by atoms with van der Waals surface area (Å²) in [6.45, 7) is 8.31. The van der Waals surface area contributed by atoms with Gasteiger partial charge in [-0.1, -0.05) is 32.1 Å². The van der Waals surface area contributed by atoms with Gasteiger partial charge < -0.3 is 10.6 Å². The van der Waals surface area contributed by atoms with Gasteiger partial charge in [0.1, 0.15) is 0 Å². The largest absolute Gasteiger partial charge is 0.356 e. The van der Waals surface area contributed by atoms with Gasteiger partial charge in [-0.3, -0.25) is 4.99 Å². The van der Waals surface area contributed by atoms with Gasteiger partial charge in [-0.05, 0) is 24.8 Å². The molecule has 0 aromatic carbocycles. The highest BCUT2D eigenvalue weighted by Crippen LogP contribution is 2.26. The maximum atomic E-state index is 4.24. The number of guanidine groups is 1. The minimum Gasteiger partial charge on any atom is -0.356 e. The van der Waals surface area contributed by atoms with Crippen molar-refractivity contribution in [2.45, 2.75) is 32.6 Å². The Morgan fingerprint density at radius 3 is 2.79 bits per heavy atom. The van der Waals surface area contributed by atoms with Crippen LogP contribution < -0.4 is 10.6 Å². The molecule has 0 saturated carbocycles. The Bertz CT molecular complexity index is 405. The van der Waals surface area contributed by atoms with E-state index in [2.05, 4.69) is 59.1 Å². The van der Waals surface area contributed by atoms with Crippen LogP contribution in [0, 0.1) is 0 Å². The van der Waals surface area contributed by atoms with Crippen molar-refractivity contribution in [2.75, 3.05) is 20.1 Å². The van der Waals surface area contributed by atoms with Crippen LogP contribution in [-0.4, -0.2) is 26.1 Å². The summed E-state index contributed by atoms with van der Waals surface area (Å²) in [5, 5.41) is 8.84. The first kappa shape index (κ1) is 15.8. The lowest BCUT2D eigenvalue weighted by Crippen LogP contribution is -2.43. The van der Waals surface area contributed by atoms with Gasteiger partial charge >= 0.3 is 0 Å². The normalized spacial score (nSPS) is 12.9. The zero-order chi connectivity index (χ0) is 14.1. The van der Waals surface area contributed by atoms with Crippen LogP contribution in [0.4, 0.5) is 0 Å². The fraction of sp³-hybridized carbons (Fsp3) is 0.533. The van der Waals surface area contributed by atoms with E-state index in [1.54, 1.807) is 11.3 Å².